The van der Waals surface area contributed by atoms with Crippen LogP contribution in [-0.2, 0) is 0 Å². The van der Waals surface area contributed by atoms with Crippen molar-refractivity contribution in [2.75, 3.05) is 11.5 Å². The van der Waals surface area contributed by atoms with E-state index in [1.54, 1.807) is 11.8 Å². The summed E-state index contributed by atoms with van der Waals surface area (Å²) in [7, 11) is 0. The van der Waals surface area contributed by atoms with Gasteiger partial charge in [0, 0.05) is 17.9 Å². The summed E-state index contributed by atoms with van der Waals surface area (Å²) in [4.78, 5) is 0. The fourth-order valence-corrected chi connectivity index (χ4v) is 2.14. The fraction of sp³-hybridized carbons (Fsp3) is 0.455. The molecule has 0 aromatic heterocycles. The molecule has 0 fully saturated rings. The van der Waals surface area contributed by atoms with Gasteiger partial charge in [-0.3, -0.25) is 0 Å². The Morgan fingerprint density at radius 3 is 2.40 bits per heavy atom. The first-order valence-electron chi connectivity index (χ1n) is 4.92. The van der Waals surface area contributed by atoms with Gasteiger partial charge in [-0.25, -0.2) is 8.78 Å². The summed E-state index contributed by atoms with van der Waals surface area (Å²) in [5, 5.41) is 0. The second-order valence-corrected chi connectivity index (χ2v) is 4.53. The van der Waals surface area contributed by atoms with Crippen LogP contribution in [0.2, 0.25) is 0 Å². The fourth-order valence-electron chi connectivity index (χ4n) is 1.24. The topological polar surface area (TPSA) is 26.0 Å². The third kappa shape index (κ3) is 4.18. The van der Waals surface area contributed by atoms with Gasteiger partial charge in [-0.15, -0.1) is 0 Å². The molecule has 0 aliphatic rings. The molecule has 0 saturated heterocycles. The first-order chi connectivity index (χ1) is 7.13. The molecule has 1 aromatic rings. The van der Waals surface area contributed by atoms with Crippen molar-refractivity contribution in [1.29, 1.82) is 0 Å². The van der Waals surface area contributed by atoms with Crippen LogP contribution in [0.1, 0.15) is 24.9 Å². The summed E-state index contributed by atoms with van der Waals surface area (Å²) < 4.78 is 25.7. The predicted octanol–water partition coefficient (Wildman–Crippen LogP) is 3.11. The summed E-state index contributed by atoms with van der Waals surface area (Å²) in [6.07, 6.45) is 1.08. The van der Waals surface area contributed by atoms with Gasteiger partial charge in [0.05, 0.1) is 0 Å². The van der Waals surface area contributed by atoms with Crippen molar-refractivity contribution >= 4 is 11.8 Å². The Hall–Kier alpha value is -0.610. The van der Waals surface area contributed by atoms with E-state index in [0.717, 1.165) is 18.2 Å². The minimum Gasteiger partial charge on any atom is -0.323 e. The van der Waals surface area contributed by atoms with Crippen molar-refractivity contribution in [3.63, 3.8) is 0 Å². The molecule has 0 aliphatic heterocycles. The van der Waals surface area contributed by atoms with Crippen LogP contribution < -0.4 is 5.73 Å². The molecule has 0 aliphatic carbocycles. The third-order valence-electron chi connectivity index (χ3n) is 1.96. The van der Waals surface area contributed by atoms with E-state index in [1.165, 1.54) is 12.1 Å². The van der Waals surface area contributed by atoms with E-state index >= 15 is 0 Å². The zero-order valence-corrected chi connectivity index (χ0v) is 9.49. The molecule has 15 heavy (non-hydrogen) atoms. The number of thioether (sulfide) groups is 1. The van der Waals surface area contributed by atoms with Crippen molar-refractivity contribution in [2.45, 2.75) is 19.4 Å². The average molecular weight is 231 g/mol. The summed E-state index contributed by atoms with van der Waals surface area (Å²) >= 11 is 1.70. The van der Waals surface area contributed by atoms with Crippen molar-refractivity contribution in [2.24, 2.45) is 5.73 Å². The number of nitrogens with two attached hydrogens (primary N) is 1. The summed E-state index contributed by atoms with van der Waals surface area (Å²) in [5.74, 6) is 0.573. The standard InChI is InChI=1S/C11H15F2NS/c1-2-3-15-7-11(14)8-4-9(12)6-10(13)5-8/h4-6,11H,2-3,7,14H2,1H3. The minimum absolute atomic E-state index is 0.299. The van der Waals surface area contributed by atoms with E-state index in [1.807, 2.05) is 0 Å². The zero-order chi connectivity index (χ0) is 11.3. The molecular weight excluding hydrogens is 216 g/mol. The monoisotopic (exact) mass is 231 g/mol. The molecule has 4 heteroatoms. The number of benzene rings is 1. The van der Waals surface area contributed by atoms with Gasteiger partial charge < -0.3 is 5.73 Å². The lowest BCUT2D eigenvalue weighted by Crippen LogP contribution is -2.13. The average Bonchev–Trinajstić information content (AvgIpc) is 2.16. The highest BCUT2D eigenvalue weighted by atomic mass is 32.2. The van der Waals surface area contributed by atoms with Crippen molar-refractivity contribution < 1.29 is 8.78 Å². The molecule has 1 nitrogen and oxygen atoms in total. The first-order valence-corrected chi connectivity index (χ1v) is 6.08. The van der Waals surface area contributed by atoms with E-state index in [2.05, 4.69) is 6.92 Å². The molecule has 2 N–H and O–H groups in total. The molecule has 0 spiro atoms. The van der Waals surface area contributed by atoms with Crippen molar-refractivity contribution in [1.82, 2.24) is 0 Å². The largest absolute Gasteiger partial charge is 0.323 e. The van der Waals surface area contributed by atoms with Crippen LogP contribution in [-0.4, -0.2) is 11.5 Å². The lowest BCUT2D eigenvalue weighted by molar-refractivity contribution is 0.576. The van der Waals surface area contributed by atoms with E-state index in [0.29, 0.717) is 11.3 Å². The van der Waals surface area contributed by atoms with Crippen LogP contribution in [0, 0.1) is 11.6 Å². The van der Waals surface area contributed by atoms with Gasteiger partial charge in [0.25, 0.3) is 0 Å². The smallest absolute Gasteiger partial charge is 0.126 e. The Morgan fingerprint density at radius 2 is 1.87 bits per heavy atom. The maximum atomic E-state index is 12.9. The molecule has 0 bridgehead atoms. The zero-order valence-electron chi connectivity index (χ0n) is 8.67. The number of halogens is 2. The van der Waals surface area contributed by atoms with Crippen LogP contribution in [0.4, 0.5) is 8.78 Å². The lowest BCUT2D eigenvalue weighted by Gasteiger charge is -2.11. The predicted molar refractivity (Wildman–Crippen MR) is 60.9 cm³/mol. The summed E-state index contributed by atoms with van der Waals surface area (Å²) in [6, 6.07) is 3.14. The van der Waals surface area contributed by atoms with Gasteiger partial charge in [0.2, 0.25) is 0 Å². The van der Waals surface area contributed by atoms with Crippen LogP contribution in [0.15, 0.2) is 18.2 Å². The van der Waals surface area contributed by atoms with E-state index < -0.39 is 11.6 Å². The van der Waals surface area contributed by atoms with E-state index in [4.69, 9.17) is 5.73 Å². The van der Waals surface area contributed by atoms with Gasteiger partial charge in [-0.1, -0.05) is 6.92 Å². The van der Waals surface area contributed by atoms with Gasteiger partial charge >= 0.3 is 0 Å². The SMILES string of the molecule is CCCSCC(N)c1cc(F)cc(F)c1. The summed E-state index contributed by atoms with van der Waals surface area (Å²) in [6.45, 7) is 2.08. The number of rotatable bonds is 5. The molecule has 0 radical (unpaired) electrons. The molecule has 0 saturated carbocycles. The maximum Gasteiger partial charge on any atom is 0.126 e. The van der Waals surface area contributed by atoms with Gasteiger partial charge in [0.1, 0.15) is 11.6 Å². The van der Waals surface area contributed by atoms with Gasteiger partial charge in [-0.2, -0.15) is 11.8 Å². The highest BCUT2D eigenvalue weighted by Gasteiger charge is 2.08. The molecule has 1 aromatic carbocycles. The normalized spacial score (nSPS) is 12.8. The molecule has 0 amide bonds. The highest BCUT2D eigenvalue weighted by molar-refractivity contribution is 7.99. The Kier molecular flexibility index (Phi) is 5.05. The van der Waals surface area contributed by atoms with Crippen LogP contribution >= 0.6 is 11.8 Å². The maximum absolute atomic E-state index is 12.9. The first kappa shape index (κ1) is 12.5. The van der Waals surface area contributed by atoms with Crippen LogP contribution in [0.5, 0.6) is 0 Å². The Labute approximate surface area is 93.1 Å². The molecular formula is C11H15F2NS. The second-order valence-electron chi connectivity index (χ2n) is 3.38. The summed E-state index contributed by atoms with van der Waals surface area (Å²) in [5.41, 5.74) is 6.34. The Balaban J connectivity index is 2.60. The minimum atomic E-state index is -0.569. The van der Waals surface area contributed by atoms with Crippen molar-refractivity contribution in [3.05, 3.63) is 35.4 Å². The molecule has 0 heterocycles. The number of hydrogen-bond acceptors (Lipinski definition) is 2. The van der Waals surface area contributed by atoms with Gasteiger partial charge in [-0.05, 0) is 29.9 Å². The molecule has 1 atom stereocenters. The quantitative estimate of drug-likeness (QED) is 0.788. The Bertz CT molecular complexity index is 297. The van der Waals surface area contributed by atoms with E-state index in [-0.39, 0.29) is 6.04 Å². The van der Waals surface area contributed by atoms with Crippen molar-refractivity contribution in [3.8, 4) is 0 Å². The highest BCUT2D eigenvalue weighted by Crippen LogP contribution is 2.18. The lowest BCUT2D eigenvalue weighted by atomic mass is 10.1. The van der Waals surface area contributed by atoms with E-state index in [9.17, 15) is 8.78 Å². The Morgan fingerprint density at radius 1 is 1.27 bits per heavy atom. The molecule has 1 rings (SSSR count). The van der Waals surface area contributed by atoms with Crippen LogP contribution in [0.25, 0.3) is 0 Å². The molecule has 1 unspecified atom stereocenters. The van der Waals surface area contributed by atoms with Gasteiger partial charge in [0.15, 0.2) is 0 Å². The second kappa shape index (κ2) is 6.08. The van der Waals surface area contributed by atoms with Crippen LogP contribution in [0.3, 0.4) is 0 Å². The number of hydrogen-bond donors (Lipinski definition) is 1. The molecule has 84 valence electrons. The third-order valence-corrected chi connectivity index (χ3v) is 3.25.